The minimum atomic E-state index is -0.463. The summed E-state index contributed by atoms with van der Waals surface area (Å²) in [6, 6.07) is 16.1. The fourth-order valence-electron chi connectivity index (χ4n) is 3.20. The molecule has 0 bridgehead atoms. The maximum atomic E-state index is 13.1. The van der Waals surface area contributed by atoms with Gasteiger partial charge in [-0.05, 0) is 30.7 Å². The van der Waals surface area contributed by atoms with Crippen LogP contribution in [0.1, 0.15) is 17.3 Å². The molecule has 0 fully saturated rings. The summed E-state index contributed by atoms with van der Waals surface area (Å²) < 4.78 is 6.26. The summed E-state index contributed by atoms with van der Waals surface area (Å²) in [6.45, 7) is 1.79. The number of nitrogens with zero attached hydrogens (tertiary/aromatic N) is 2. The van der Waals surface area contributed by atoms with Crippen LogP contribution >= 0.6 is 11.3 Å². The molecule has 2 aromatic heterocycles. The maximum absolute atomic E-state index is 13.1. The van der Waals surface area contributed by atoms with E-state index in [1.165, 1.54) is 28.3 Å². The van der Waals surface area contributed by atoms with Gasteiger partial charge in [-0.1, -0.05) is 36.4 Å². The van der Waals surface area contributed by atoms with Crippen LogP contribution < -0.4 is 10.9 Å². The Morgan fingerprint density at radius 3 is 2.71 bits per heavy atom. The summed E-state index contributed by atoms with van der Waals surface area (Å²) in [6.07, 6.45) is 1.38. The number of fused-ring (bicyclic) bond motifs is 1. The molecule has 1 N–H and O–H groups in total. The van der Waals surface area contributed by atoms with Crippen molar-refractivity contribution in [2.75, 3.05) is 11.9 Å². The Morgan fingerprint density at radius 1 is 1.13 bits per heavy atom. The molecule has 0 saturated carbocycles. The van der Waals surface area contributed by atoms with Crippen molar-refractivity contribution in [3.63, 3.8) is 0 Å². The molecule has 0 atom stereocenters. The molecule has 2 heterocycles. The minimum Gasteiger partial charge on any atom is -0.462 e. The van der Waals surface area contributed by atoms with Gasteiger partial charge in [0.2, 0.25) is 5.91 Å². The summed E-state index contributed by atoms with van der Waals surface area (Å²) in [4.78, 5) is 42.5. The van der Waals surface area contributed by atoms with E-state index in [0.717, 1.165) is 11.1 Å². The number of rotatable bonds is 6. The van der Waals surface area contributed by atoms with Gasteiger partial charge in [-0.2, -0.15) is 0 Å². The number of benzene rings is 2. The first kappa shape index (κ1) is 20.5. The van der Waals surface area contributed by atoms with Gasteiger partial charge < -0.3 is 10.1 Å². The highest BCUT2D eigenvalue weighted by Gasteiger charge is 2.15. The van der Waals surface area contributed by atoms with Crippen LogP contribution in [0.4, 0.5) is 5.69 Å². The number of hydrogen-bond donors (Lipinski definition) is 1. The average Bonchev–Trinajstić information content (AvgIpc) is 3.22. The van der Waals surface area contributed by atoms with Gasteiger partial charge in [-0.25, -0.2) is 9.78 Å². The number of carbonyl (C=O) groups is 2. The highest BCUT2D eigenvalue weighted by molar-refractivity contribution is 7.17. The van der Waals surface area contributed by atoms with Gasteiger partial charge in [0.1, 0.15) is 11.4 Å². The molecule has 4 rings (SSSR count). The highest BCUT2D eigenvalue weighted by Crippen LogP contribution is 2.30. The standard InChI is InChI=1S/C23H19N3O4S/c1-2-30-23(29)16-9-6-10-17(11-16)25-19(27)12-26-14-24-21-20(22(26)28)18(13-31-21)15-7-4-3-5-8-15/h3-11,13-14H,2,12H2,1H3,(H,25,27). The van der Waals surface area contributed by atoms with Gasteiger partial charge in [0.15, 0.2) is 0 Å². The van der Waals surface area contributed by atoms with E-state index in [2.05, 4.69) is 10.3 Å². The summed E-state index contributed by atoms with van der Waals surface area (Å²) in [7, 11) is 0. The van der Waals surface area contributed by atoms with Gasteiger partial charge in [0.05, 0.1) is 23.9 Å². The summed E-state index contributed by atoms with van der Waals surface area (Å²) in [5, 5.41) is 5.11. The zero-order valence-corrected chi connectivity index (χ0v) is 17.5. The molecule has 4 aromatic rings. The number of aromatic nitrogens is 2. The van der Waals surface area contributed by atoms with Crippen LogP contribution in [0, 0.1) is 0 Å². The van der Waals surface area contributed by atoms with Crippen molar-refractivity contribution in [2.45, 2.75) is 13.5 Å². The Labute approximate surface area is 181 Å². The topological polar surface area (TPSA) is 90.3 Å². The molecule has 0 radical (unpaired) electrons. The third-order valence-corrected chi connectivity index (χ3v) is 5.50. The van der Waals surface area contributed by atoms with Crippen molar-refractivity contribution in [3.8, 4) is 11.1 Å². The minimum absolute atomic E-state index is 0.199. The van der Waals surface area contributed by atoms with Gasteiger partial charge in [-0.3, -0.25) is 14.2 Å². The number of esters is 1. The normalized spacial score (nSPS) is 10.7. The Morgan fingerprint density at radius 2 is 1.94 bits per heavy atom. The lowest BCUT2D eigenvalue weighted by atomic mass is 10.1. The van der Waals surface area contributed by atoms with E-state index in [1.54, 1.807) is 25.1 Å². The monoisotopic (exact) mass is 433 g/mol. The first-order chi connectivity index (χ1) is 15.1. The van der Waals surface area contributed by atoms with Crippen molar-refractivity contribution in [1.82, 2.24) is 9.55 Å². The van der Waals surface area contributed by atoms with Crippen LogP contribution in [0.25, 0.3) is 21.3 Å². The van der Waals surface area contributed by atoms with Crippen molar-refractivity contribution < 1.29 is 14.3 Å². The van der Waals surface area contributed by atoms with E-state index in [4.69, 9.17) is 4.74 Å². The second-order valence-electron chi connectivity index (χ2n) is 6.72. The number of thiophene rings is 1. The van der Waals surface area contributed by atoms with Crippen molar-refractivity contribution >= 4 is 39.1 Å². The third-order valence-electron chi connectivity index (χ3n) is 4.62. The molecule has 0 aliphatic heterocycles. The van der Waals surface area contributed by atoms with Crippen LogP contribution in [0.5, 0.6) is 0 Å². The second-order valence-corrected chi connectivity index (χ2v) is 7.58. The second kappa shape index (κ2) is 8.93. The number of carbonyl (C=O) groups excluding carboxylic acids is 2. The summed E-state index contributed by atoms with van der Waals surface area (Å²) in [5.74, 6) is -0.865. The SMILES string of the molecule is CCOC(=O)c1cccc(NC(=O)Cn2cnc3scc(-c4ccccc4)c3c2=O)c1. The number of ether oxygens (including phenoxy) is 1. The molecule has 8 heteroatoms. The van der Waals surface area contributed by atoms with Crippen LogP contribution in [-0.4, -0.2) is 28.0 Å². The highest BCUT2D eigenvalue weighted by atomic mass is 32.1. The Hall–Kier alpha value is -3.78. The molecule has 7 nitrogen and oxygen atoms in total. The fourth-order valence-corrected chi connectivity index (χ4v) is 4.11. The summed E-state index contributed by atoms with van der Waals surface area (Å²) in [5.41, 5.74) is 2.23. The number of amides is 1. The average molecular weight is 433 g/mol. The van der Waals surface area contributed by atoms with Gasteiger partial charge in [-0.15, -0.1) is 11.3 Å². The zero-order valence-electron chi connectivity index (χ0n) is 16.7. The Kier molecular flexibility index (Phi) is 5.90. The van der Waals surface area contributed by atoms with Crippen molar-refractivity contribution in [1.29, 1.82) is 0 Å². The lowest BCUT2D eigenvalue weighted by molar-refractivity contribution is -0.116. The van der Waals surface area contributed by atoms with E-state index in [1.807, 2.05) is 35.7 Å². The van der Waals surface area contributed by atoms with Crippen LogP contribution in [0.2, 0.25) is 0 Å². The van der Waals surface area contributed by atoms with Gasteiger partial charge in [0.25, 0.3) is 5.56 Å². The van der Waals surface area contributed by atoms with E-state index in [9.17, 15) is 14.4 Å². The van der Waals surface area contributed by atoms with E-state index < -0.39 is 11.9 Å². The molecule has 0 spiro atoms. The number of anilines is 1. The molecule has 0 aliphatic carbocycles. The predicted molar refractivity (Wildman–Crippen MR) is 120 cm³/mol. The molecule has 0 aliphatic rings. The lowest BCUT2D eigenvalue weighted by Crippen LogP contribution is -2.27. The van der Waals surface area contributed by atoms with Crippen LogP contribution in [0.15, 0.2) is 71.1 Å². The van der Waals surface area contributed by atoms with E-state index >= 15 is 0 Å². The van der Waals surface area contributed by atoms with E-state index in [0.29, 0.717) is 21.5 Å². The molecular weight excluding hydrogens is 414 g/mol. The molecule has 2 aromatic carbocycles. The van der Waals surface area contributed by atoms with E-state index in [-0.39, 0.29) is 18.7 Å². The molecule has 156 valence electrons. The largest absolute Gasteiger partial charge is 0.462 e. The first-order valence-electron chi connectivity index (χ1n) is 9.66. The Balaban J connectivity index is 1.57. The molecule has 31 heavy (non-hydrogen) atoms. The predicted octanol–water partition coefficient (Wildman–Crippen LogP) is 3.94. The first-order valence-corrected chi connectivity index (χ1v) is 10.5. The van der Waals surface area contributed by atoms with Crippen LogP contribution in [-0.2, 0) is 16.1 Å². The fraction of sp³-hybridized carbons (Fsp3) is 0.130. The van der Waals surface area contributed by atoms with Gasteiger partial charge in [0, 0.05) is 16.6 Å². The zero-order chi connectivity index (χ0) is 21.8. The molecule has 1 amide bonds. The van der Waals surface area contributed by atoms with Gasteiger partial charge >= 0.3 is 5.97 Å². The Bertz CT molecular complexity index is 1310. The number of nitrogens with one attached hydrogen (secondary N) is 1. The van der Waals surface area contributed by atoms with Crippen LogP contribution in [0.3, 0.4) is 0 Å². The lowest BCUT2D eigenvalue weighted by Gasteiger charge is -2.09. The molecule has 0 unspecified atom stereocenters. The maximum Gasteiger partial charge on any atom is 0.338 e. The smallest absolute Gasteiger partial charge is 0.338 e. The number of hydrogen-bond acceptors (Lipinski definition) is 6. The quantitative estimate of drug-likeness (QED) is 0.465. The van der Waals surface area contributed by atoms with Crippen molar-refractivity contribution in [3.05, 3.63) is 82.2 Å². The molecule has 0 saturated heterocycles. The van der Waals surface area contributed by atoms with Crippen molar-refractivity contribution in [2.24, 2.45) is 0 Å². The summed E-state index contributed by atoms with van der Waals surface area (Å²) >= 11 is 1.39. The third kappa shape index (κ3) is 4.39. The molecular formula is C23H19N3O4S.